The number of para-hydroxylation sites is 3. The lowest BCUT2D eigenvalue weighted by atomic mass is 10.2. The molecule has 0 amide bonds. The molecule has 2 aliphatic rings. The van der Waals surface area contributed by atoms with Crippen molar-refractivity contribution in [2.75, 3.05) is 0 Å². The Morgan fingerprint density at radius 3 is 2.47 bits per heavy atom. The number of rotatable bonds is 0. The molecule has 0 aromatic heterocycles. The van der Waals surface area contributed by atoms with E-state index in [1.807, 2.05) is 53.1 Å². The van der Waals surface area contributed by atoms with Crippen LogP contribution in [0.4, 0.5) is 5.69 Å². The minimum atomic E-state index is -0.373. The molecule has 2 aromatic rings. The fourth-order valence-electron chi connectivity index (χ4n) is 2.21. The molecule has 3 heteroatoms. The summed E-state index contributed by atoms with van der Waals surface area (Å²) in [5.41, 5.74) is 2.12. The van der Waals surface area contributed by atoms with Crippen molar-refractivity contribution in [1.82, 2.24) is 0 Å². The molecule has 1 unspecified atom stereocenters. The Bertz CT molecular complexity index is 628. The highest BCUT2D eigenvalue weighted by Crippen LogP contribution is 2.38. The van der Waals surface area contributed by atoms with Gasteiger partial charge in [-0.1, -0.05) is 24.3 Å². The van der Waals surface area contributed by atoms with Crippen LogP contribution in [-0.2, 0) is 0 Å². The zero-order valence-electron chi connectivity index (χ0n) is 9.04. The van der Waals surface area contributed by atoms with Crippen LogP contribution in [0.2, 0.25) is 0 Å². The Hall–Kier alpha value is -2.29. The highest BCUT2D eigenvalue weighted by Gasteiger charge is 2.40. The second kappa shape index (κ2) is 3.10. The number of hydrogen-bond donors (Lipinski definition) is 0. The molecule has 0 fully saturated rings. The van der Waals surface area contributed by atoms with Crippen LogP contribution < -0.4 is 9.47 Å². The van der Waals surface area contributed by atoms with Gasteiger partial charge in [0.05, 0.1) is 5.56 Å². The first-order chi connectivity index (χ1) is 8.42. The summed E-state index contributed by atoms with van der Waals surface area (Å²) >= 11 is 0. The first kappa shape index (κ1) is 8.82. The first-order valence-electron chi connectivity index (χ1n) is 5.56. The van der Waals surface area contributed by atoms with Gasteiger partial charge in [0.1, 0.15) is 5.75 Å². The lowest BCUT2D eigenvalue weighted by Gasteiger charge is -2.15. The number of nitrogens with zero attached hydrogens (tertiary/aromatic N) is 1. The molecule has 82 valence electrons. The summed E-state index contributed by atoms with van der Waals surface area (Å²) < 4.78 is 13.6. The molecule has 0 aliphatic carbocycles. The molecule has 2 heterocycles. The van der Waals surface area contributed by atoms with Crippen LogP contribution in [0, 0.1) is 0 Å². The maximum absolute atomic E-state index is 5.81. The average molecular weight is 224 g/mol. The van der Waals surface area contributed by atoms with E-state index in [1.54, 1.807) is 0 Å². The third kappa shape index (κ3) is 1.19. The molecule has 3 nitrogen and oxygen atoms in total. The Balaban J connectivity index is 1.91. The van der Waals surface area contributed by atoms with Gasteiger partial charge in [-0.15, -0.1) is 4.58 Å². The second-order valence-electron chi connectivity index (χ2n) is 4.08. The lowest BCUT2D eigenvalue weighted by molar-refractivity contribution is -0.555. The molecule has 0 radical (unpaired) electrons. The first-order valence-corrected chi connectivity index (χ1v) is 5.56. The van der Waals surface area contributed by atoms with Gasteiger partial charge in [0.2, 0.25) is 5.75 Å². The summed E-state index contributed by atoms with van der Waals surface area (Å²) in [5.74, 6) is 1.73. The summed E-state index contributed by atoms with van der Waals surface area (Å²) in [7, 11) is 0. The van der Waals surface area contributed by atoms with Crippen LogP contribution in [0.5, 0.6) is 11.5 Å². The minimum absolute atomic E-state index is 0.373. The van der Waals surface area contributed by atoms with Crippen molar-refractivity contribution in [3.63, 3.8) is 0 Å². The van der Waals surface area contributed by atoms with E-state index in [9.17, 15) is 0 Å². The standard InChI is InChI=1S/C14H10NO2/c1-3-7-12-10(5-1)9-15-11-6-2-4-8-13(11)17-14(15)16-12/h1-9,14H/q+1. The van der Waals surface area contributed by atoms with Crippen molar-refractivity contribution in [3.8, 4) is 11.5 Å². The van der Waals surface area contributed by atoms with Crippen molar-refractivity contribution in [2.24, 2.45) is 0 Å². The summed E-state index contributed by atoms with van der Waals surface area (Å²) in [6.07, 6.45) is 1.69. The van der Waals surface area contributed by atoms with E-state index >= 15 is 0 Å². The molecule has 0 bridgehead atoms. The van der Waals surface area contributed by atoms with E-state index in [2.05, 4.69) is 6.21 Å². The summed E-state index contributed by atoms with van der Waals surface area (Å²) in [6, 6.07) is 15.9. The van der Waals surface area contributed by atoms with E-state index in [4.69, 9.17) is 9.47 Å². The zero-order valence-corrected chi connectivity index (χ0v) is 9.04. The molecule has 0 saturated carbocycles. The molecule has 17 heavy (non-hydrogen) atoms. The largest absolute Gasteiger partial charge is 0.468 e. The van der Waals surface area contributed by atoms with Gasteiger partial charge < -0.3 is 9.47 Å². The van der Waals surface area contributed by atoms with Crippen molar-refractivity contribution in [3.05, 3.63) is 54.1 Å². The van der Waals surface area contributed by atoms with Crippen LogP contribution in [-0.4, -0.2) is 17.2 Å². The van der Waals surface area contributed by atoms with Crippen molar-refractivity contribution in [2.45, 2.75) is 6.41 Å². The van der Waals surface area contributed by atoms with Gasteiger partial charge in [-0.25, -0.2) is 0 Å². The molecular weight excluding hydrogens is 214 g/mol. The molecule has 0 saturated heterocycles. The fourth-order valence-corrected chi connectivity index (χ4v) is 2.21. The van der Waals surface area contributed by atoms with E-state index in [1.165, 1.54) is 0 Å². The molecule has 4 rings (SSSR count). The van der Waals surface area contributed by atoms with Crippen molar-refractivity contribution < 1.29 is 14.0 Å². The predicted octanol–water partition coefficient (Wildman–Crippen LogP) is 2.52. The quantitative estimate of drug-likeness (QED) is 0.641. The van der Waals surface area contributed by atoms with Crippen molar-refractivity contribution >= 4 is 11.9 Å². The third-order valence-corrected chi connectivity index (χ3v) is 3.02. The summed E-state index contributed by atoms with van der Waals surface area (Å²) in [4.78, 5) is 0. The predicted molar refractivity (Wildman–Crippen MR) is 63.0 cm³/mol. The minimum Gasteiger partial charge on any atom is -0.401 e. The van der Waals surface area contributed by atoms with Gasteiger partial charge in [-0.05, 0) is 18.2 Å². The van der Waals surface area contributed by atoms with Crippen molar-refractivity contribution in [1.29, 1.82) is 0 Å². The number of ether oxygens (including phenoxy) is 2. The Kier molecular flexibility index (Phi) is 1.61. The van der Waals surface area contributed by atoms with E-state index in [-0.39, 0.29) is 6.41 Å². The van der Waals surface area contributed by atoms with E-state index in [0.717, 1.165) is 22.7 Å². The molecule has 0 spiro atoms. The van der Waals surface area contributed by atoms with Gasteiger partial charge in [0.15, 0.2) is 6.21 Å². The fraction of sp³-hybridized carbons (Fsp3) is 0.0714. The maximum atomic E-state index is 5.81. The van der Waals surface area contributed by atoms with Gasteiger partial charge in [-0.2, -0.15) is 0 Å². The normalized spacial score (nSPS) is 19.3. The summed E-state index contributed by atoms with van der Waals surface area (Å²) in [6.45, 7) is 0. The summed E-state index contributed by atoms with van der Waals surface area (Å²) in [5, 5.41) is 0. The Labute approximate surface area is 98.5 Å². The Morgan fingerprint density at radius 2 is 1.53 bits per heavy atom. The van der Waals surface area contributed by atoms with Crippen LogP contribution in [0.15, 0.2) is 48.5 Å². The number of hydrogen-bond acceptors (Lipinski definition) is 2. The molecule has 2 aromatic carbocycles. The molecule has 2 aliphatic heterocycles. The third-order valence-electron chi connectivity index (χ3n) is 3.02. The number of benzene rings is 2. The SMILES string of the molecule is C1=[N+]2c3ccccc3OC2Oc2ccccc21. The van der Waals surface area contributed by atoms with Crippen LogP contribution in [0.25, 0.3) is 0 Å². The second-order valence-corrected chi connectivity index (χ2v) is 4.08. The zero-order chi connectivity index (χ0) is 11.2. The molecule has 0 N–H and O–H groups in total. The van der Waals surface area contributed by atoms with Gasteiger partial charge in [0.25, 0.3) is 5.69 Å². The molecular formula is C14H10NO2+. The number of fused-ring (bicyclic) bond motifs is 4. The van der Waals surface area contributed by atoms with Gasteiger partial charge in [0, 0.05) is 6.07 Å². The monoisotopic (exact) mass is 224 g/mol. The van der Waals surface area contributed by atoms with Crippen LogP contribution in [0.1, 0.15) is 5.56 Å². The van der Waals surface area contributed by atoms with Gasteiger partial charge in [-0.3, -0.25) is 0 Å². The van der Waals surface area contributed by atoms with E-state index < -0.39 is 0 Å². The lowest BCUT2D eigenvalue weighted by Crippen LogP contribution is -2.33. The Morgan fingerprint density at radius 1 is 0.824 bits per heavy atom. The smallest absolute Gasteiger partial charge is 0.401 e. The van der Waals surface area contributed by atoms with Crippen LogP contribution >= 0.6 is 0 Å². The topological polar surface area (TPSA) is 21.5 Å². The maximum Gasteiger partial charge on any atom is 0.468 e. The highest BCUT2D eigenvalue weighted by atomic mass is 16.7. The van der Waals surface area contributed by atoms with Gasteiger partial charge >= 0.3 is 6.41 Å². The molecule has 1 atom stereocenters. The average Bonchev–Trinajstić information content (AvgIpc) is 2.73. The highest BCUT2D eigenvalue weighted by molar-refractivity contribution is 5.82. The van der Waals surface area contributed by atoms with Crippen LogP contribution in [0.3, 0.4) is 0 Å². The van der Waals surface area contributed by atoms with E-state index in [0.29, 0.717) is 0 Å².